The lowest BCUT2D eigenvalue weighted by Crippen LogP contribution is -2.47. The van der Waals surface area contributed by atoms with E-state index in [1.807, 2.05) is 17.0 Å². The number of amides is 3. The van der Waals surface area contributed by atoms with E-state index in [4.69, 9.17) is 16.3 Å². The predicted octanol–water partition coefficient (Wildman–Crippen LogP) is 2.76. The van der Waals surface area contributed by atoms with Gasteiger partial charge in [-0.3, -0.25) is 4.79 Å². The lowest BCUT2D eigenvalue weighted by Gasteiger charge is -2.33. The average molecular weight is 380 g/mol. The number of hydrogen-bond acceptors (Lipinski definition) is 3. The van der Waals surface area contributed by atoms with E-state index in [9.17, 15) is 9.59 Å². The Bertz CT molecular complexity index is 626. The van der Waals surface area contributed by atoms with Crippen LogP contribution in [0, 0.1) is 5.92 Å². The minimum Gasteiger partial charge on any atom is -0.492 e. The molecule has 0 saturated carbocycles. The van der Waals surface area contributed by atoms with Crippen molar-refractivity contribution in [3.63, 3.8) is 0 Å². The fourth-order valence-corrected chi connectivity index (χ4v) is 3.70. The zero-order valence-corrected chi connectivity index (χ0v) is 15.7. The van der Waals surface area contributed by atoms with E-state index in [-0.39, 0.29) is 17.9 Å². The van der Waals surface area contributed by atoms with Gasteiger partial charge >= 0.3 is 6.03 Å². The molecule has 2 aliphatic rings. The number of urea groups is 1. The summed E-state index contributed by atoms with van der Waals surface area (Å²) in [6.07, 6.45) is 3.73. The monoisotopic (exact) mass is 379 g/mol. The zero-order chi connectivity index (χ0) is 18.4. The molecule has 0 bridgehead atoms. The highest BCUT2D eigenvalue weighted by Gasteiger charge is 2.31. The maximum atomic E-state index is 12.4. The normalized spacial score (nSPS) is 18.0. The summed E-state index contributed by atoms with van der Waals surface area (Å²) in [4.78, 5) is 28.4. The second-order valence-corrected chi connectivity index (χ2v) is 7.27. The average Bonchev–Trinajstić information content (AvgIpc) is 3.19. The number of nitrogens with zero attached hydrogens (tertiary/aromatic N) is 2. The first-order valence-corrected chi connectivity index (χ1v) is 9.71. The third kappa shape index (κ3) is 5.04. The van der Waals surface area contributed by atoms with Crippen LogP contribution in [0.3, 0.4) is 0 Å². The number of ether oxygens (including phenoxy) is 1. The number of hydrogen-bond donors (Lipinski definition) is 1. The van der Waals surface area contributed by atoms with Crippen molar-refractivity contribution in [2.45, 2.75) is 25.7 Å². The molecule has 2 fully saturated rings. The maximum absolute atomic E-state index is 12.4. The van der Waals surface area contributed by atoms with Crippen LogP contribution in [0.4, 0.5) is 4.79 Å². The first-order chi connectivity index (χ1) is 12.6. The van der Waals surface area contributed by atoms with Crippen molar-refractivity contribution in [2.24, 2.45) is 5.92 Å². The molecule has 6 nitrogen and oxygen atoms in total. The summed E-state index contributed by atoms with van der Waals surface area (Å²) >= 11 is 5.90. The van der Waals surface area contributed by atoms with Crippen molar-refractivity contribution in [1.29, 1.82) is 0 Å². The lowest BCUT2D eigenvalue weighted by molar-refractivity contribution is -0.135. The van der Waals surface area contributed by atoms with Gasteiger partial charge in [0.1, 0.15) is 12.4 Å². The molecule has 1 aromatic carbocycles. The van der Waals surface area contributed by atoms with Crippen molar-refractivity contribution in [3.8, 4) is 5.75 Å². The van der Waals surface area contributed by atoms with E-state index in [0.717, 1.165) is 38.8 Å². The number of benzene rings is 1. The number of halogens is 1. The third-order valence-corrected chi connectivity index (χ3v) is 5.23. The van der Waals surface area contributed by atoms with E-state index >= 15 is 0 Å². The Morgan fingerprint density at radius 1 is 1.12 bits per heavy atom. The van der Waals surface area contributed by atoms with E-state index in [1.54, 1.807) is 17.0 Å². The van der Waals surface area contributed by atoms with Crippen molar-refractivity contribution in [1.82, 2.24) is 15.1 Å². The van der Waals surface area contributed by atoms with Gasteiger partial charge in [-0.1, -0.05) is 17.7 Å². The molecule has 0 unspecified atom stereocenters. The molecular formula is C19H26ClN3O3. The molecule has 0 spiro atoms. The Hall–Kier alpha value is -1.95. The van der Waals surface area contributed by atoms with E-state index in [1.165, 1.54) is 0 Å². The Balaban J connectivity index is 1.34. The van der Waals surface area contributed by atoms with Crippen molar-refractivity contribution < 1.29 is 14.3 Å². The highest BCUT2D eigenvalue weighted by Crippen LogP contribution is 2.22. The van der Waals surface area contributed by atoms with Gasteiger partial charge in [0.2, 0.25) is 5.91 Å². The molecule has 0 aliphatic carbocycles. The van der Waals surface area contributed by atoms with E-state index in [0.29, 0.717) is 37.0 Å². The summed E-state index contributed by atoms with van der Waals surface area (Å²) < 4.78 is 5.56. The van der Waals surface area contributed by atoms with Gasteiger partial charge in [-0.2, -0.15) is 0 Å². The summed E-state index contributed by atoms with van der Waals surface area (Å²) in [6, 6.07) is 7.09. The quantitative estimate of drug-likeness (QED) is 0.800. The molecular weight excluding hydrogens is 354 g/mol. The first kappa shape index (κ1) is 18.8. The molecule has 3 rings (SSSR count). The Morgan fingerprint density at radius 3 is 2.54 bits per heavy atom. The number of carbonyl (C=O) groups is 2. The number of piperidine rings is 1. The second kappa shape index (κ2) is 9.12. The molecule has 1 N–H and O–H groups in total. The Morgan fingerprint density at radius 2 is 1.85 bits per heavy atom. The van der Waals surface area contributed by atoms with Gasteiger partial charge in [0.25, 0.3) is 0 Å². The molecule has 0 aromatic heterocycles. The van der Waals surface area contributed by atoms with Gasteiger partial charge in [-0.15, -0.1) is 0 Å². The number of nitrogens with one attached hydrogen (secondary N) is 1. The summed E-state index contributed by atoms with van der Waals surface area (Å²) in [6.45, 7) is 3.86. The van der Waals surface area contributed by atoms with Crippen LogP contribution in [-0.2, 0) is 4.79 Å². The van der Waals surface area contributed by atoms with Crippen LogP contribution in [0.1, 0.15) is 25.7 Å². The highest BCUT2D eigenvalue weighted by atomic mass is 35.5. The fraction of sp³-hybridized carbons (Fsp3) is 0.579. The van der Waals surface area contributed by atoms with Crippen molar-refractivity contribution >= 4 is 23.5 Å². The van der Waals surface area contributed by atoms with Crippen molar-refractivity contribution in [3.05, 3.63) is 29.3 Å². The summed E-state index contributed by atoms with van der Waals surface area (Å²) in [5.74, 6) is 1.04. The van der Waals surface area contributed by atoms with E-state index in [2.05, 4.69) is 5.32 Å². The van der Waals surface area contributed by atoms with Gasteiger partial charge in [-0.25, -0.2) is 4.79 Å². The molecule has 2 aliphatic heterocycles. The summed E-state index contributed by atoms with van der Waals surface area (Å²) in [7, 11) is 0. The van der Waals surface area contributed by atoms with Crippen LogP contribution >= 0.6 is 11.6 Å². The Kier molecular flexibility index (Phi) is 6.61. The van der Waals surface area contributed by atoms with Gasteiger partial charge in [-0.05, 0) is 43.9 Å². The van der Waals surface area contributed by atoms with Gasteiger partial charge in [0, 0.05) is 37.1 Å². The van der Waals surface area contributed by atoms with Crippen LogP contribution in [0.5, 0.6) is 5.75 Å². The third-order valence-electron chi connectivity index (χ3n) is 4.99. The Labute approximate surface area is 159 Å². The summed E-state index contributed by atoms with van der Waals surface area (Å²) in [5.41, 5.74) is 0. The highest BCUT2D eigenvalue weighted by molar-refractivity contribution is 6.30. The second-order valence-electron chi connectivity index (χ2n) is 6.83. The number of likely N-dealkylation sites (tertiary alicyclic amines) is 2. The van der Waals surface area contributed by atoms with Crippen molar-refractivity contribution in [2.75, 3.05) is 39.3 Å². The fourth-order valence-electron chi connectivity index (χ4n) is 3.52. The minimum absolute atomic E-state index is 0.0725. The molecule has 2 saturated heterocycles. The number of rotatable bonds is 5. The first-order valence-electron chi connectivity index (χ1n) is 9.33. The SMILES string of the molecule is O=C(NCCOc1cccc(Cl)c1)N1CCC(C(=O)N2CCCC2)CC1. The summed E-state index contributed by atoms with van der Waals surface area (Å²) in [5, 5.41) is 3.49. The zero-order valence-electron chi connectivity index (χ0n) is 15.0. The molecule has 0 radical (unpaired) electrons. The van der Waals surface area contributed by atoms with E-state index < -0.39 is 0 Å². The smallest absolute Gasteiger partial charge is 0.317 e. The standard InChI is InChI=1S/C19H26ClN3O3/c20-16-4-3-5-17(14-16)26-13-8-21-19(25)23-11-6-15(7-12-23)18(24)22-9-1-2-10-22/h3-5,14-15H,1-2,6-13H2,(H,21,25). The molecule has 0 atom stereocenters. The molecule has 7 heteroatoms. The molecule has 2 heterocycles. The minimum atomic E-state index is -0.0910. The molecule has 26 heavy (non-hydrogen) atoms. The largest absolute Gasteiger partial charge is 0.492 e. The van der Waals surface area contributed by atoms with Crippen LogP contribution < -0.4 is 10.1 Å². The molecule has 142 valence electrons. The van der Waals surface area contributed by atoms with Crippen LogP contribution in [-0.4, -0.2) is 61.1 Å². The van der Waals surface area contributed by atoms with Gasteiger partial charge in [0.05, 0.1) is 6.54 Å². The maximum Gasteiger partial charge on any atom is 0.317 e. The van der Waals surface area contributed by atoms with Crippen LogP contribution in [0.25, 0.3) is 0 Å². The van der Waals surface area contributed by atoms with Crippen LogP contribution in [0.2, 0.25) is 5.02 Å². The predicted molar refractivity (Wildman–Crippen MR) is 100 cm³/mol. The molecule has 3 amide bonds. The topological polar surface area (TPSA) is 61.9 Å². The number of carbonyl (C=O) groups excluding carboxylic acids is 2. The van der Waals surface area contributed by atoms with Gasteiger partial charge < -0.3 is 19.9 Å². The van der Waals surface area contributed by atoms with Crippen LogP contribution in [0.15, 0.2) is 24.3 Å². The van der Waals surface area contributed by atoms with Gasteiger partial charge in [0.15, 0.2) is 0 Å². The molecule has 1 aromatic rings. The lowest BCUT2D eigenvalue weighted by atomic mass is 9.95.